The van der Waals surface area contributed by atoms with Gasteiger partial charge in [-0.3, -0.25) is 0 Å². The van der Waals surface area contributed by atoms with Crippen molar-refractivity contribution < 1.29 is 32.5 Å². The van der Waals surface area contributed by atoms with E-state index in [2.05, 4.69) is 0 Å². The Labute approximate surface area is 113 Å². The van der Waals surface area contributed by atoms with Crippen LogP contribution >= 0.6 is 0 Å². The van der Waals surface area contributed by atoms with E-state index in [9.17, 15) is 8.78 Å². The molecule has 0 fully saturated rings. The predicted octanol–water partition coefficient (Wildman–Crippen LogP) is 1.01. The molecule has 0 spiro atoms. The van der Waals surface area contributed by atoms with Gasteiger partial charge in [-0.15, -0.1) is 0 Å². The summed E-state index contributed by atoms with van der Waals surface area (Å²) >= 11 is 0. The summed E-state index contributed by atoms with van der Waals surface area (Å²) in [5.41, 5.74) is 0. The number of rotatable bonds is 16. The average molecular weight is 286 g/mol. The maximum atomic E-state index is 11.6. The molecule has 5 nitrogen and oxygen atoms in total. The summed E-state index contributed by atoms with van der Waals surface area (Å²) in [6.07, 6.45) is 0. The van der Waals surface area contributed by atoms with Crippen LogP contribution in [0.1, 0.15) is 0 Å². The predicted molar refractivity (Wildman–Crippen MR) is 66.0 cm³/mol. The van der Waals surface area contributed by atoms with Gasteiger partial charge in [0.2, 0.25) is 0 Å². The fourth-order valence-electron chi connectivity index (χ4n) is 1.09. The molecule has 0 aromatic heterocycles. The summed E-state index contributed by atoms with van der Waals surface area (Å²) in [7, 11) is 0. The molecule has 0 aliphatic rings. The van der Waals surface area contributed by atoms with Crippen LogP contribution in [0.25, 0.3) is 0 Å². The van der Waals surface area contributed by atoms with Crippen LogP contribution in [0.3, 0.4) is 0 Å². The SMILES string of the molecule is FCCOCCOCCOCCOCCOCCF. The van der Waals surface area contributed by atoms with E-state index in [4.69, 9.17) is 23.7 Å². The summed E-state index contributed by atoms with van der Waals surface area (Å²) < 4.78 is 48.6. The van der Waals surface area contributed by atoms with Crippen LogP contribution in [0.5, 0.6) is 0 Å². The molecule has 0 bridgehead atoms. The van der Waals surface area contributed by atoms with Crippen LogP contribution in [0.4, 0.5) is 8.78 Å². The Morgan fingerprint density at radius 2 is 0.579 bits per heavy atom. The summed E-state index contributed by atoms with van der Waals surface area (Å²) in [5, 5.41) is 0. The Bertz CT molecular complexity index is 147. The normalized spacial score (nSPS) is 11.1. The van der Waals surface area contributed by atoms with Gasteiger partial charge < -0.3 is 23.7 Å². The first-order valence-electron chi connectivity index (χ1n) is 6.42. The van der Waals surface area contributed by atoms with E-state index in [1.54, 1.807) is 0 Å². The van der Waals surface area contributed by atoms with Crippen molar-refractivity contribution in [2.75, 3.05) is 79.4 Å². The highest BCUT2D eigenvalue weighted by Crippen LogP contribution is 1.84. The van der Waals surface area contributed by atoms with Gasteiger partial charge >= 0.3 is 0 Å². The summed E-state index contributed by atoms with van der Waals surface area (Å²) in [6, 6.07) is 0. The van der Waals surface area contributed by atoms with Crippen molar-refractivity contribution in [3.63, 3.8) is 0 Å². The van der Waals surface area contributed by atoms with Gasteiger partial charge in [0, 0.05) is 0 Å². The van der Waals surface area contributed by atoms with Crippen LogP contribution in [-0.4, -0.2) is 79.4 Å². The number of hydrogen-bond acceptors (Lipinski definition) is 5. The molecule has 0 amide bonds. The van der Waals surface area contributed by atoms with E-state index in [0.29, 0.717) is 52.9 Å². The highest BCUT2D eigenvalue weighted by molar-refractivity contribution is 4.35. The number of alkyl halides is 2. The van der Waals surface area contributed by atoms with Gasteiger partial charge in [-0.25, -0.2) is 8.78 Å². The monoisotopic (exact) mass is 286 g/mol. The van der Waals surface area contributed by atoms with Gasteiger partial charge in [-0.2, -0.15) is 0 Å². The average Bonchev–Trinajstić information content (AvgIpc) is 2.43. The van der Waals surface area contributed by atoms with Crippen molar-refractivity contribution in [3.05, 3.63) is 0 Å². The van der Waals surface area contributed by atoms with Crippen molar-refractivity contribution in [1.82, 2.24) is 0 Å². The summed E-state index contributed by atoms with van der Waals surface area (Å²) in [4.78, 5) is 0. The lowest BCUT2D eigenvalue weighted by molar-refractivity contribution is -0.0123. The van der Waals surface area contributed by atoms with Gasteiger partial charge in [0.15, 0.2) is 0 Å². The van der Waals surface area contributed by atoms with Crippen LogP contribution in [0, 0.1) is 0 Å². The molecule has 0 aliphatic carbocycles. The van der Waals surface area contributed by atoms with E-state index >= 15 is 0 Å². The lowest BCUT2D eigenvalue weighted by Gasteiger charge is -2.07. The third-order valence-electron chi connectivity index (χ3n) is 1.93. The van der Waals surface area contributed by atoms with Gasteiger partial charge in [0.1, 0.15) is 13.3 Å². The molecule has 7 heteroatoms. The first-order chi connectivity index (χ1) is 9.41. The Kier molecular flexibility index (Phi) is 17.3. The van der Waals surface area contributed by atoms with E-state index in [1.807, 2.05) is 0 Å². The first-order valence-corrected chi connectivity index (χ1v) is 6.42. The fourth-order valence-corrected chi connectivity index (χ4v) is 1.09. The molecule has 0 aromatic carbocycles. The molecule has 0 unspecified atom stereocenters. The van der Waals surface area contributed by atoms with E-state index in [-0.39, 0.29) is 13.2 Å². The highest BCUT2D eigenvalue weighted by atomic mass is 19.1. The van der Waals surface area contributed by atoms with Crippen molar-refractivity contribution in [1.29, 1.82) is 0 Å². The lowest BCUT2D eigenvalue weighted by Crippen LogP contribution is -2.13. The van der Waals surface area contributed by atoms with Gasteiger partial charge in [-0.1, -0.05) is 0 Å². The van der Waals surface area contributed by atoms with Crippen molar-refractivity contribution >= 4 is 0 Å². The van der Waals surface area contributed by atoms with Crippen molar-refractivity contribution in [2.45, 2.75) is 0 Å². The molecule has 0 N–H and O–H groups in total. The van der Waals surface area contributed by atoms with Crippen LogP contribution in [0.15, 0.2) is 0 Å². The molecule has 0 aliphatic heterocycles. The zero-order chi connectivity index (χ0) is 14.0. The van der Waals surface area contributed by atoms with E-state index in [1.165, 1.54) is 0 Å². The highest BCUT2D eigenvalue weighted by Gasteiger charge is 1.93. The molecular weight excluding hydrogens is 262 g/mol. The Balaban J connectivity index is 2.88. The largest absolute Gasteiger partial charge is 0.377 e. The van der Waals surface area contributed by atoms with Crippen LogP contribution < -0.4 is 0 Å². The molecule has 0 heterocycles. The first kappa shape index (κ1) is 18.7. The van der Waals surface area contributed by atoms with E-state index in [0.717, 1.165) is 0 Å². The second-order valence-corrected chi connectivity index (χ2v) is 3.44. The van der Waals surface area contributed by atoms with E-state index < -0.39 is 13.3 Å². The lowest BCUT2D eigenvalue weighted by atomic mass is 10.7. The third-order valence-corrected chi connectivity index (χ3v) is 1.93. The topological polar surface area (TPSA) is 46.2 Å². The Morgan fingerprint density at radius 1 is 0.368 bits per heavy atom. The molecule has 0 radical (unpaired) electrons. The number of halogens is 2. The standard InChI is InChI=1S/C12H24F2O5/c13-1-3-15-5-7-17-9-11-19-12-10-18-8-6-16-4-2-14/h1-12H2. The minimum absolute atomic E-state index is 0.117. The second kappa shape index (κ2) is 17.7. The van der Waals surface area contributed by atoms with Gasteiger partial charge in [0.25, 0.3) is 0 Å². The van der Waals surface area contributed by atoms with Gasteiger partial charge in [-0.05, 0) is 0 Å². The maximum absolute atomic E-state index is 11.6. The molecule has 116 valence electrons. The molecule has 19 heavy (non-hydrogen) atoms. The number of ether oxygens (including phenoxy) is 5. The second-order valence-electron chi connectivity index (χ2n) is 3.44. The molecule has 0 saturated heterocycles. The fraction of sp³-hybridized carbons (Fsp3) is 1.00. The van der Waals surface area contributed by atoms with Gasteiger partial charge in [0.05, 0.1) is 66.1 Å². The number of hydrogen-bond donors (Lipinski definition) is 0. The van der Waals surface area contributed by atoms with Crippen molar-refractivity contribution in [2.24, 2.45) is 0 Å². The minimum atomic E-state index is -0.470. The molecule has 0 atom stereocenters. The Hall–Kier alpha value is -0.340. The quantitative estimate of drug-likeness (QED) is 0.396. The third kappa shape index (κ3) is 17.7. The van der Waals surface area contributed by atoms with Crippen LogP contribution in [-0.2, 0) is 23.7 Å². The molecule has 0 saturated carbocycles. The summed E-state index contributed by atoms with van der Waals surface area (Å²) in [6.45, 7) is 2.85. The van der Waals surface area contributed by atoms with Crippen molar-refractivity contribution in [3.8, 4) is 0 Å². The zero-order valence-corrected chi connectivity index (χ0v) is 11.3. The Morgan fingerprint density at radius 3 is 0.789 bits per heavy atom. The minimum Gasteiger partial charge on any atom is -0.377 e. The maximum Gasteiger partial charge on any atom is 0.113 e. The molecule has 0 aromatic rings. The van der Waals surface area contributed by atoms with Crippen LogP contribution in [0.2, 0.25) is 0 Å². The molecular formula is C12H24F2O5. The summed E-state index contributed by atoms with van der Waals surface area (Å²) in [5.74, 6) is 0. The zero-order valence-electron chi connectivity index (χ0n) is 11.3. The smallest absolute Gasteiger partial charge is 0.113 e. The molecule has 0 rings (SSSR count).